The molecular formula is C12H22. The van der Waals surface area contributed by atoms with Gasteiger partial charge in [0.1, 0.15) is 0 Å². The van der Waals surface area contributed by atoms with Crippen LogP contribution >= 0.6 is 0 Å². The molecule has 1 atom stereocenters. The summed E-state index contributed by atoms with van der Waals surface area (Å²) in [5, 5.41) is 0. The quantitative estimate of drug-likeness (QED) is 0.549. The fourth-order valence-corrected chi connectivity index (χ4v) is 3.84. The standard InChI is InChI=1S/C12H22/c1-3-11(2)7-6-10-12(11)8-4-5-9-12/h3-10H2,1-2H3/t11-/m1/s1. The minimum atomic E-state index is 0.712. The average molecular weight is 166 g/mol. The molecule has 0 radical (unpaired) electrons. The largest absolute Gasteiger partial charge is 0.0648 e. The van der Waals surface area contributed by atoms with Crippen molar-refractivity contribution in [3.8, 4) is 0 Å². The van der Waals surface area contributed by atoms with Gasteiger partial charge in [-0.25, -0.2) is 0 Å². The van der Waals surface area contributed by atoms with Crippen molar-refractivity contribution in [3.05, 3.63) is 0 Å². The third-order valence-electron chi connectivity index (χ3n) is 5.01. The molecule has 0 aromatic carbocycles. The molecule has 0 aromatic heterocycles. The molecule has 12 heavy (non-hydrogen) atoms. The average Bonchev–Trinajstić information content (AvgIpc) is 2.64. The Hall–Kier alpha value is 0. The van der Waals surface area contributed by atoms with E-state index in [4.69, 9.17) is 0 Å². The molecule has 1 spiro atoms. The van der Waals surface area contributed by atoms with Gasteiger partial charge in [0.2, 0.25) is 0 Å². The molecule has 0 amide bonds. The van der Waals surface area contributed by atoms with Crippen LogP contribution in [0.4, 0.5) is 0 Å². The molecular weight excluding hydrogens is 144 g/mol. The predicted octanol–water partition coefficient (Wildman–Crippen LogP) is 4.15. The van der Waals surface area contributed by atoms with Gasteiger partial charge in [0.25, 0.3) is 0 Å². The Labute approximate surface area is 76.7 Å². The van der Waals surface area contributed by atoms with Crippen LogP contribution < -0.4 is 0 Å². The molecule has 0 bridgehead atoms. The summed E-state index contributed by atoms with van der Waals surface area (Å²) in [6.45, 7) is 4.94. The van der Waals surface area contributed by atoms with E-state index in [1.54, 1.807) is 0 Å². The van der Waals surface area contributed by atoms with E-state index in [0.29, 0.717) is 5.41 Å². The lowest BCUT2D eigenvalue weighted by molar-refractivity contribution is 0.0910. The van der Waals surface area contributed by atoms with Crippen LogP contribution in [-0.4, -0.2) is 0 Å². The highest BCUT2D eigenvalue weighted by atomic mass is 14.6. The molecule has 0 aromatic rings. The van der Waals surface area contributed by atoms with Crippen LogP contribution in [0.2, 0.25) is 0 Å². The topological polar surface area (TPSA) is 0 Å². The van der Waals surface area contributed by atoms with Crippen LogP contribution in [0, 0.1) is 10.8 Å². The van der Waals surface area contributed by atoms with E-state index in [1.165, 1.54) is 51.4 Å². The fraction of sp³-hybridized carbons (Fsp3) is 1.00. The summed E-state index contributed by atoms with van der Waals surface area (Å²) in [6.07, 6.45) is 12.1. The summed E-state index contributed by atoms with van der Waals surface area (Å²) in [5.41, 5.74) is 1.51. The summed E-state index contributed by atoms with van der Waals surface area (Å²) in [6, 6.07) is 0. The number of hydrogen-bond acceptors (Lipinski definition) is 0. The second-order valence-electron chi connectivity index (χ2n) is 5.26. The van der Waals surface area contributed by atoms with Gasteiger partial charge < -0.3 is 0 Å². The molecule has 0 nitrogen and oxygen atoms in total. The van der Waals surface area contributed by atoms with Crippen molar-refractivity contribution < 1.29 is 0 Å². The molecule has 0 saturated heterocycles. The molecule has 2 rings (SSSR count). The highest BCUT2D eigenvalue weighted by molar-refractivity contribution is 5.01. The van der Waals surface area contributed by atoms with Crippen LogP contribution in [0.3, 0.4) is 0 Å². The highest BCUT2D eigenvalue weighted by Crippen LogP contribution is 2.62. The molecule has 2 aliphatic carbocycles. The second kappa shape index (κ2) is 2.75. The van der Waals surface area contributed by atoms with Crippen LogP contribution in [0.25, 0.3) is 0 Å². The summed E-state index contributed by atoms with van der Waals surface area (Å²) < 4.78 is 0. The van der Waals surface area contributed by atoms with Crippen LogP contribution in [-0.2, 0) is 0 Å². The predicted molar refractivity (Wildman–Crippen MR) is 53.2 cm³/mol. The van der Waals surface area contributed by atoms with Crippen molar-refractivity contribution in [2.24, 2.45) is 10.8 Å². The van der Waals surface area contributed by atoms with Gasteiger partial charge in [-0.2, -0.15) is 0 Å². The van der Waals surface area contributed by atoms with Crippen LogP contribution in [0.15, 0.2) is 0 Å². The maximum atomic E-state index is 2.55. The highest BCUT2D eigenvalue weighted by Gasteiger charge is 2.51. The Morgan fingerprint density at radius 1 is 0.917 bits per heavy atom. The first kappa shape index (κ1) is 8.59. The third kappa shape index (κ3) is 0.963. The van der Waals surface area contributed by atoms with Crippen molar-refractivity contribution in [1.82, 2.24) is 0 Å². The lowest BCUT2D eigenvalue weighted by Gasteiger charge is -2.41. The van der Waals surface area contributed by atoms with E-state index in [9.17, 15) is 0 Å². The van der Waals surface area contributed by atoms with Gasteiger partial charge in [0.15, 0.2) is 0 Å². The Morgan fingerprint density at radius 2 is 1.50 bits per heavy atom. The molecule has 2 fully saturated rings. The van der Waals surface area contributed by atoms with Crippen molar-refractivity contribution in [1.29, 1.82) is 0 Å². The van der Waals surface area contributed by atoms with Gasteiger partial charge in [0, 0.05) is 0 Å². The second-order valence-corrected chi connectivity index (χ2v) is 5.26. The van der Waals surface area contributed by atoms with Crippen molar-refractivity contribution in [3.63, 3.8) is 0 Å². The smallest absolute Gasteiger partial charge is 0.0244 e. The minimum absolute atomic E-state index is 0.712. The van der Waals surface area contributed by atoms with Crippen molar-refractivity contribution >= 4 is 0 Å². The molecule has 0 aliphatic heterocycles. The number of hydrogen-bond donors (Lipinski definition) is 0. The molecule has 2 aliphatic rings. The van der Waals surface area contributed by atoms with Crippen molar-refractivity contribution in [2.75, 3.05) is 0 Å². The summed E-state index contributed by atoms with van der Waals surface area (Å²) in [7, 11) is 0. The Bertz CT molecular complexity index is 159. The van der Waals surface area contributed by atoms with Crippen LogP contribution in [0.1, 0.15) is 65.2 Å². The Balaban J connectivity index is 2.22. The maximum absolute atomic E-state index is 2.55. The molecule has 0 heterocycles. The van der Waals surface area contributed by atoms with Gasteiger partial charge in [0.05, 0.1) is 0 Å². The summed E-state index contributed by atoms with van der Waals surface area (Å²) in [4.78, 5) is 0. The normalized spacial score (nSPS) is 39.5. The minimum Gasteiger partial charge on any atom is -0.0648 e. The Kier molecular flexibility index (Phi) is 1.97. The Morgan fingerprint density at radius 3 is 2.08 bits per heavy atom. The van der Waals surface area contributed by atoms with E-state index in [2.05, 4.69) is 13.8 Å². The zero-order chi connectivity index (χ0) is 8.66. The zero-order valence-electron chi connectivity index (χ0n) is 8.66. The fourth-order valence-electron chi connectivity index (χ4n) is 3.84. The summed E-state index contributed by atoms with van der Waals surface area (Å²) >= 11 is 0. The van der Waals surface area contributed by atoms with Gasteiger partial charge >= 0.3 is 0 Å². The van der Waals surface area contributed by atoms with Gasteiger partial charge in [-0.05, 0) is 36.5 Å². The van der Waals surface area contributed by atoms with E-state index in [1.807, 2.05) is 0 Å². The van der Waals surface area contributed by atoms with Gasteiger partial charge in [-0.3, -0.25) is 0 Å². The molecule has 0 heteroatoms. The van der Waals surface area contributed by atoms with Gasteiger partial charge in [-0.15, -0.1) is 0 Å². The molecule has 0 unspecified atom stereocenters. The SMILES string of the molecule is CC[C@]1(C)CCCC12CCCC2. The lowest BCUT2D eigenvalue weighted by Crippen LogP contribution is -2.31. The lowest BCUT2D eigenvalue weighted by atomic mass is 9.64. The van der Waals surface area contributed by atoms with E-state index < -0.39 is 0 Å². The molecule has 2 saturated carbocycles. The van der Waals surface area contributed by atoms with E-state index in [0.717, 1.165) is 5.41 Å². The van der Waals surface area contributed by atoms with Crippen molar-refractivity contribution in [2.45, 2.75) is 65.2 Å². The van der Waals surface area contributed by atoms with Gasteiger partial charge in [-0.1, -0.05) is 39.5 Å². The zero-order valence-corrected chi connectivity index (χ0v) is 8.66. The maximum Gasteiger partial charge on any atom is -0.0244 e. The third-order valence-corrected chi connectivity index (χ3v) is 5.01. The molecule has 70 valence electrons. The molecule has 0 N–H and O–H groups in total. The van der Waals surface area contributed by atoms with Crippen LogP contribution in [0.5, 0.6) is 0 Å². The monoisotopic (exact) mass is 166 g/mol. The first-order chi connectivity index (χ1) is 5.72. The first-order valence-corrected chi connectivity index (χ1v) is 5.72. The van der Waals surface area contributed by atoms with E-state index >= 15 is 0 Å². The first-order valence-electron chi connectivity index (χ1n) is 5.72. The number of rotatable bonds is 1. The summed E-state index contributed by atoms with van der Waals surface area (Å²) in [5.74, 6) is 0. The van der Waals surface area contributed by atoms with E-state index in [-0.39, 0.29) is 0 Å².